The summed E-state index contributed by atoms with van der Waals surface area (Å²) in [5.74, 6) is 0. The highest BCUT2D eigenvalue weighted by Crippen LogP contribution is 2.36. The van der Waals surface area contributed by atoms with Crippen molar-refractivity contribution in [2.75, 3.05) is 11.4 Å². The maximum absolute atomic E-state index is 13.0. The van der Waals surface area contributed by atoms with Crippen molar-refractivity contribution in [2.24, 2.45) is 0 Å². The molecule has 0 saturated heterocycles. The fourth-order valence-electron chi connectivity index (χ4n) is 3.53. The molecule has 1 aromatic heterocycles. The zero-order valence-corrected chi connectivity index (χ0v) is 14.2. The Morgan fingerprint density at radius 1 is 1.11 bits per heavy atom. The van der Waals surface area contributed by atoms with Gasteiger partial charge in [-0.3, -0.25) is 4.68 Å². The number of anilines is 1. The highest BCUT2D eigenvalue weighted by molar-refractivity contribution is 5.62. The molecule has 0 aliphatic carbocycles. The van der Waals surface area contributed by atoms with Crippen molar-refractivity contribution in [3.63, 3.8) is 0 Å². The highest BCUT2D eigenvalue weighted by Gasteiger charge is 2.33. The molecule has 4 rings (SSSR count). The zero-order chi connectivity index (χ0) is 19.0. The van der Waals surface area contributed by atoms with E-state index in [9.17, 15) is 18.4 Å². The van der Waals surface area contributed by atoms with Crippen LogP contribution in [0.5, 0.6) is 0 Å². The number of rotatable bonds is 2. The summed E-state index contributed by atoms with van der Waals surface area (Å²) in [7, 11) is 0. The first kappa shape index (κ1) is 17.2. The lowest BCUT2D eigenvalue weighted by atomic mass is 9.94. The third kappa shape index (κ3) is 3.14. The molecule has 2 aromatic carbocycles. The van der Waals surface area contributed by atoms with E-state index in [-0.39, 0.29) is 11.6 Å². The summed E-state index contributed by atoms with van der Waals surface area (Å²) < 4.78 is 40.8. The van der Waals surface area contributed by atoms with Crippen LogP contribution in [-0.2, 0) is 12.7 Å². The van der Waals surface area contributed by atoms with Gasteiger partial charge in [0, 0.05) is 25.5 Å². The van der Waals surface area contributed by atoms with Crippen LogP contribution in [0.4, 0.5) is 18.9 Å². The minimum Gasteiger partial charge on any atom is -0.364 e. The van der Waals surface area contributed by atoms with Gasteiger partial charge in [-0.1, -0.05) is 24.3 Å². The smallest absolute Gasteiger partial charge is 0.364 e. The number of nitriles is 1. The fraction of sp³-hybridized carbons (Fsp3) is 0.200. The lowest BCUT2D eigenvalue weighted by molar-refractivity contribution is -0.137. The molecule has 27 heavy (non-hydrogen) atoms. The Morgan fingerprint density at radius 3 is 2.63 bits per heavy atom. The zero-order valence-electron chi connectivity index (χ0n) is 14.2. The van der Waals surface area contributed by atoms with Crippen molar-refractivity contribution >= 4 is 5.69 Å². The van der Waals surface area contributed by atoms with Crippen LogP contribution < -0.4 is 4.90 Å². The third-order valence-electron chi connectivity index (χ3n) is 4.80. The SMILES string of the molecule is N#Cc1cc(C(F)(F)F)ccc1N1Cc2ccccc2C(n2cccn2)C1. The monoisotopic (exact) mass is 368 g/mol. The average Bonchev–Trinajstić information content (AvgIpc) is 3.20. The minimum absolute atomic E-state index is 0.0171. The molecule has 2 heterocycles. The molecule has 0 saturated carbocycles. The Bertz CT molecular complexity index is 1000. The van der Waals surface area contributed by atoms with E-state index in [0.717, 1.165) is 23.3 Å². The first-order valence-corrected chi connectivity index (χ1v) is 8.40. The number of hydrogen-bond donors (Lipinski definition) is 0. The quantitative estimate of drug-likeness (QED) is 0.674. The van der Waals surface area contributed by atoms with Gasteiger partial charge in [-0.2, -0.15) is 23.5 Å². The number of aromatic nitrogens is 2. The average molecular weight is 368 g/mol. The molecule has 136 valence electrons. The summed E-state index contributed by atoms with van der Waals surface area (Å²) in [6, 6.07) is 14.9. The van der Waals surface area contributed by atoms with E-state index in [1.165, 1.54) is 6.07 Å². The number of benzene rings is 2. The Kier molecular flexibility index (Phi) is 4.11. The topological polar surface area (TPSA) is 44.9 Å². The highest BCUT2D eigenvalue weighted by atomic mass is 19.4. The largest absolute Gasteiger partial charge is 0.416 e. The summed E-state index contributed by atoms with van der Waals surface area (Å²) in [6.07, 6.45) is -0.917. The predicted molar refractivity (Wildman–Crippen MR) is 94.0 cm³/mol. The third-order valence-corrected chi connectivity index (χ3v) is 4.80. The molecule has 0 amide bonds. The summed E-state index contributed by atoms with van der Waals surface area (Å²) in [5.41, 5.74) is 1.89. The maximum Gasteiger partial charge on any atom is 0.416 e. The van der Waals surface area contributed by atoms with Crippen LogP contribution in [0.1, 0.15) is 28.3 Å². The van der Waals surface area contributed by atoms with E-state index in [4.69, 9.17) is 0 Å². The number of halogens is 3. The van der Waals surface area contributed by atoms with E-state index in [1.54, 1.807) is 6.20 Å². The Labute approximate surface area is 154 Å². The molecule has 4 nitrogen and oxygen atoms in total. The van der Waals surface area contributed by atoms with Crippen molar-refractivity contribution in [3.05, 3.63) is 83.2 Å². The van der Waals surface area contributed by atoms with Gasteiger partial charge < -0.3 is 4.90 Å². The Hall–Kier alpha value is -3.27. The molecule has 0 N–H and O–H groups in total. The lowest BCUT2D eigenvalue weighted by Crippen LogP contribution is -2.37. The van der Waals surface area contributed by atoms with Crippen molar-refractivity contribution in [1.82, 2.24) is 9.78 Å². The van der Waals surface area contributed by atoms with Gasteiger partial charge in [0.1, 0.15) is 6.07 Å². The second-order valence-corrected chi connectivity index (χ2v) is 6.42. The number of nitrogens with zero attached hydrogens (tertiary/aromatic N) is 4. The van der Waals surface area contributed by atoms with Gasteiger partial charge in [-0.05, 0) is 35.4 Å². The maximum atomic E-state index is 13.0. The summed E-state index contributed by atoms with van der Waals surface area (Å²) in [5, 5.41) is 13.8. The van der Waals surface area contributed by atoms with E-state index < -0.39 is 11.7 Å². The second kappa shape index (κ2) is 6.47. The molecule has 0 spiro atoms. The molecule has 1 unspecified atom stereocenters. The standard InChI is InChI=1S/C20H15F3N4/c21-20(22,23)16-6-7-18(15(10-16)11-24)26-12-14-4-1-2-5-17(14)19(13-26)27-9-3-8-25-27/h1-10,19H,12-13H2. The summed E-state index contributed by atoms with van der Waals surface area (Å²) >= 11 is 0. The molecule has 3 aromatic rings. The van der Waals surface area contributed by atoms with Crippen LogP contribution in [0.2, 0.25) is 0 Å². The second-order valence-electron chi connectivity index (χ2n) is 6.42. The van der Waals surface area contributed by atoms with Gasteiger partial charge in [-0.25, -0.2) is 0 Å². The van der Waals surface area contributed by atoms with E-state index in [2.05, 4.69) is 5.10 Å². The van der Waals surface area contributed by atoms with E-state index in [0.29, 0.717) is 18.8 Å². The van der Waals surface area contributed by atoms with Crippen molar-refractivity contribution in [1.29, 1.82) is 5.26 Å². The molecule has 0 fully saturated rings. The van der Waals surface area contributed by atoms with Gasteiger partial charge in [0.2, 0.25) is 0 Å². The normalized spacial score (nSPS) is 16.7. The lowest BCUT2D eigenvalue weighted by Gasteiger charge is -2.36. The Morgan fingerprint density at radius 2 is 1.93 bits per heavy atom. The van der Waals surface area contributed by atoms with Crippen LogP contribution >= 0.6 is 0 Å². The molecule has 1 aliphatic heterocycles. The van der Waals surface area contributed by atoms with E-state index >= 15 is 0 Å². The summed E-state index contributed by atoms with van der Waals surface area (Å²) in [6.45, 7) is 1.03. The molecular weight excluding hydrogens is 353 g/mol. The van der Waals surface area contributed by atoms with Crippen LogP contribution in [0.15, 0.2) is 60.9 Å². The molecule has 0 radical (unpaired) electrons. The number of hydrogen-bond acceptors (Lipinski definition) is 3. The van der Waals surface area contributed by atoms with Crippen molar-refractivity contribution in [2.45, 2.75) is 18.8 Å². The van der Waals surface area contributed by atoms with Crippen LogP contribution in [0, 0.1) is 11.3 Å². The van der Waals surface area contributed by atoms with Crippen molar-refractivity contribution in [3.8, 4) is 6.07 Å². The van der Waals surface area contributed by atoms with E-state index in [1.807, 2.05) is 52.2 Å². The van der Waals surface area contributed by atoms with Gasteiger partial charge in [0.05, 0.1) is 22.9 Å². The molecule has 1 aliphatic rings. The molecule has 0 bridgehead atoms. The first-order chi connectivity index (χ1) is 13.0. The van der Waals surface area contributed by atoms with Gasteiger partial charge >= 0.3 is 6.18 Å². The number of alkyl halides is 3. The van der Waals surface area contributed by atoms with Crippen LogP contribution in [0.3, 0.4) is 0 Å². The molecule has 1 atom stereocenters. The predicted octanol–water partition coefficient (Wildman–Crippen LogP) is 4.38. The van der Waals surface area contributed by atoms with Crippen LogP contribution in [-0.4, -0.2) is 16.3 Å². The molecular formula is C20H15F3N4. The summed E-state index contributed by atoms with van der Waals surface area (Å²) in [4.78, 5) is 1.94. The molecule has 7 heteroatoms. The van der Waals surface area contributed by atoms with Gasteiger partial charge in [0.15, 0.2) is 0 Å². The fourth-order valence-corrected chi connectivity index (χ4v) is 3.53. The Balaban J connectivity index is 1.77. The van der Waals surface area contributed by atoms with Crippen LogP contribution in [0.25, 0.3) is 0 Å². The van der Waals surface area contributed by atoms with Gasteiger partial charge in [-0.15, -0.1) is 0 Å². The first-order valence-electron chi connectivity index (χ1n) is 8.40. The van der Waals surface area contributed by atoms with Gasteiger partial charge in [0.25, 0.3) is 0 Å². The minimum atomic E-state index is -4.48. The van der Waals surface area contributed by atoms with Crippen molar-refractivity contribution < 1.29 is 13.2 Å². The number of fused-ring (bicyclic) bond motifs is 1.